The Morgan fingerprint density at radius 3 is 2.74 bits per heavy atom. The maximum absolute atomic E-state index is 11.1. The van der Waals surface area contributed by atoms with E-state index in [2.05, 4.69) is 26.9 Å². The number of hydrogen-bond acceptors (Lipinski definition) is 6. The molecule has 0 aromatic carbocycles. The van der Waals surface area contributed by atoms with Gasteiger partial charge in [-0.2, -0.15) is 0 Å². The first kappa shape index (κ1) is 15.1. The highest BCUT2D eigenvalue weighted by atomic mass is 32.1. The van der Waals surface area contributed by atoms with Crippen LogP contribution in [0.4, 0.5) is 5.00 Å². The van der Waals surface area contributed by atoms with Crippen LogP contribution in [0.15, 0.2) is 43.6 Å². The summed E-state index contributed by atoms with van der Waals surface area (Å²) in [5.41, 5.74) is 6.78. The van der Waals surface area contributed by atoms with Crippen LogP contribution in [0.1, 0.15) is 12.6 Å². The van der Waals surface area contributed by atoms with Gasteiger partial charge in [-0.05, 0) is 20.6 Å². The fourth-order valence-corrected chi connectivity index (χ4v) is 2.03. The van der Waals surface area contributed by atoms with E-state index >= 15 is 0 Å². The van der Waals surface area contributed by atoms with Crippen molar-refractivity contribution in [1.29, 1.82) is 0 Å². The van der Waals surface area contributed by atoms with Crippen LogP contribution in [0.25, 0.3) is 0 Å². The molecule has 0 fully saturated rings. The smallest absolute Gasteiger partial charge is 0.306 e. The summed E-state index contributed by atoms with van der Waals surface area (Å²) in [5, 5.41) is 8.30. The van der Waals surface area contributed by atoms with Crippen LogP contribution >= 0.6 is 23.6 Å². The Kier molecular flexibility index (Phi) is 5.46. The van der Waals surface area contributed by atoms with Crippen molar-refractivity contribution in [2.45, 2.75) is 13.8 Å². The van der Waals surface area contributed by atoms with E-state index in [4.69, 9.17) is 18.0 Å². The van der Waals surface area contributed by atoms with Crippen LogP contribution in [0.3, 0.4) is 0 Å². The van der Waals surface area contributed by atoms with E-state index in [1.165, 1.54) is 0 Å². The monoisotopic (exact) mass is 295 g/mol. The average Bonchev–Trinajstić information content (AvgIpc) is 2.70. The molecule has 1 aromatic rings. The minimum Gasteiger partial charge on any atom is -0.383 e. The van der Waals surface area contributed by atoms with Gasteiger partial charge in [0.2, 0.25) is 0 Å². The van der Waals surface area contributed by atoms with Gasteiger partial charge in [0.1, 0.15) is 5.82 Å². The summed E-state index contributed by atoms with van der Waals surface area (Å²) in [5.74, 6) is 0.182. The van der Waals surface area contributed by atoms with Gasteiger partial charge in [-0.1, -0.05) is 35.7 Å². The lowest BCUT2D eigenvalue weighted by Crippen LogP contribution is -2.04. The molecule has 0 bridgehead atoms. The first-order chi connectivity index (χ1) is 8.99. The molecule has 0 aliphatic rings. The minimum absolute atomic E-state index is 0.182. The predicted octanol–water partition coefficient (Wildman–Crippen LogP) is 2.60. The van der Waals surface area contributed by atoms with Crippen molar-refractivity contribution in [3.63, 3.8) is 0 Å². The zero-order chi connectivity index (χ0) is 14.4. The van der Waals surface area contributed by atoms with E-state index in [0.717, 1.165) is 11.3 Å². The number of aryl methyl sites for hydroxylation is 1. The Labute approximate surface area is 119 Å². The van der Waals surface area contributed by atoms with Gasteiger partial charge in [-0.15, -0.1) is 10.2 Å². The molecular weight excluding hydrogens is 282 g/mol. The van der Waals surface area contributed by atoms with Crippen LogP contribution < -0.4 is 10.6 Å². The molecule has 100 valence electrons. The van der Waals surface area contributed by atoms with Gasteiger partial charge in [0.05, 0.1) is 11.3 Å². The summed E-state index contributed by atoms with van der Waals surface area (Å²) in [7, 11) is 0. The highest BCUT2D eigenvalue weighted by molar-refractivity contribution is 7.80. The normalized spacial score (nSPS) is 12.9. The van der Waals surface area contributed by atoms with Crippen molar-refractivity contribution >= 4 is 40.3 Å². The number of rotatable bonds is 4. The van der Waals surface area contributed by atoms with Gasteiger partial charge in [0.15, 0.2) is 9.99 Å². The second kappa shape index (κ2) is 6.86. The predicted molar refractivity (Wildman–Crippen MR) is 82.4 cm³/mol. The van der Waals surface area contributed by atoms with Crippen molar-refractivity contribution in [2.24, 2.45) is 21.0 Å². The largest absolute Gasteiger partial charge is 0.383 e. The Balaban J connectivity index is 3.04. The second-order valence-corrected chi connectivity index (χ2v) is 4.76. The first-order valence-corrected chi connectivity index (χ1v) is 6.47. The Bertz CT molecular complexity index is 636. The standard InChI is InChI=1S/C11H13N5OS2/c1-4-5-7(8(12)13-3)9(18)15-16-10-6(2)14-11(17)19-10/h4-5H,3,12H2,1-2H3,(H,14,17)/b5-4-,8-7+,16-15?. The van der Waals surface area contributed by atoms with Crippen molar-refractivity contribution in [3.05, 3.63) is 38.9 Å². The van der Waals surface area contributed by atoms with Crippen molar-refractivity contribution < 1.29 is 0 Å². The number of aromatic amines is 1. The molecule has 0 saturated heterocycles. The first-order valence-electron chi connectivity index (χ1n) is 5.24. The molecular formula is C11H13N5OS2. The van der Waals surface area contributed by atoms with Gasteiger partial charge < -0.3 is 10.7 Å². The lowest BCUT2D eigenvalue weighted by Gasteiger charge is -2.00. The number of thiocarbonyl (C=S) groups is 1. The Morgan fingerprint density at radius 2 is 2.26 bits per heavy atom. The Hall–Kier alpha value is -1.93. The third-order valence-corrected chi connectivity index (χ3v) is 3.21. The molecule has 0 unspecified atom stereocenters. The number of hydrogen-bond donors (Lipinski definition) is 2. The van der Waals surface area contributed by atoms with Gasteiger partial charge in [0, 0.05) is 0 Å². The molecule has 3 N–H and O–H groups in total. The van der Waals surface area contributed by atoms with Crippen LogP contribution in [-0.2, 0) is 0 Å². The van der Waals surface area contributed by atoms with Crippen LogP contribution in [0, 0.1) is 6.92 Å². The van der Waals surface area contributed by atoms with Crippen LogP contribution in [0.5, 0.6) is 0 Å². The number of azo groups is 1. The third kappa shape index (κ3) is 4.04. The second-order valence-electron chi connectivity index (χ2n) is 3.41. The quantitative estimate of drug-likeness (QED) is 0.294. The van der Waals surface area contributed by atoms with E-state index in [9.17, 15) is 4.79 Å². The fraction of sp³-hybridized carbons (Fsp3) is 0.182. The minimum atomic E-state index is -0.186. The van der Waals surface area contributed by atoms with Crippen molar-refractivity contribution in [2.75, 3.05) is 0 Å². The van der Waals surface area contributed by atoms with Crippen LogP contribution in [-0.4, -0.2) is 16.7 Å². The molecule has 0 saturated carbocycles. The summed E-state index contributed by atoms with van der Waals surface area (Å²) in [6.07, 6.45) is 3.44. The molecule has 0 radical (unpaired) electrons. The lowest BCUT2D eigenvalue weighted by molar-refractivity contribution is 1.18. The van der Waals surface area contributed by atoms with Gasteiger partial charge >= 0.3 is 4.87 Å². The van der Waals surface area contributed by atoms with Gasteiger partial charge in [0.25, 0.3) is 0 Å². The molecule has 1 heterocycles. The summed E-state index contributed by atoms with van der Waals surface area (Å²) < 4.78 is 0. The van der Waals surface area contributed by atoms with E-state index in [1.54, 1.807) is 19.1 Å². The molecule has 0 aliphatic carbocycles. The Morgan fingerprint density at radius 1 is 1.58 bits per heavy atom. The fourth-order valence-electron chi connectivity index (χ4n) is 1.15. The average molecular weight is 295 g/mol. The maximum atomic E-state index is 11.1. The lowest BCUT2D eigenvalue weighted by atomic mass is 10.2. The SMILES string of the molecule is C=N/C(N)=C(\C=C/C)C(=S)N=Nc1sc(=O)[nH]c1C. The number of H-pyrrole nitrogens is 1. The van der Waals surface area contributed by atoms with E-state index in [1.807, 2.05) is 6.92 Å². The molecule has 0 atom stereocenters. The number of nitrogens with one attached hydrogen (secondary N) is 1. The van der Waals surface area contributed by atoms with Gasteiger partial charge in [-0.25, -0.2) is 4.99 Å². The maximum Gasteiger partial charge on any atom is 0.306 e. The molecule has 6 nitrogen and oxygen atoms in total. The molecule has 0 aliphatic heterocycles. The van der Waals surface area contributed by atoms with Crippen molar-refractivity contribution in [3.8, 4) is 0 Å². The van der Waals surface area contributed by atoms with E-state index < -0.39 is 0 Å². The molecule has 1 aromatic heterocycles. The molecule has 8 heteroatoms. The molecule has 0 amide bonds. The third-order valence-electron chi connectivity index (χ3n) is 2.04. The number of thiazole rings is 1. The molecule has 19 heavy (non-hydrogen) atoms. The van der Waals surface area contributed by atoms with Gasteiger partial charge in [-0.3, -0.25) is 4.79 Å². The number of nitrogens with zero attached hydrogens (tertiary/aromatic N) is 3. The summed E-state index contributed by atoms with van der Waals surface area (Å²) in [4.78, 5) is 17.3. The van der Waals surface area contributed by atoms with E-state index in [-0.39, 0.29) is 15.7 Å². The number of allylic oxidation sites excluding steroid dienone is 1. The number of aliphatic imine (C=N–C) groups is 1. The summed E-state index contributed by atoms with van der Waals surface area (Å²) in [6, 6.07) is 0. The zero-order valence-electron chi connectivity index (χ0n) is 10.5. The van der Waals surface area contributed by atoms with Crippen LogP contribution in [0.2, 0.25) is 0 Å². The highest BCUT2D eigenvalue weighted by Gasteiger charge is 2.07. The molecule has 0 spiro atoms. The number of nitrogens with two attached hydrogens (primary N) is 1. The topological polar surface area (TPSA) is 96.0 Å². The highest BCUT2D eigenvalue weighted by Crippen LogP contribution is 2.20. The van der Waals surface area contributed by atoms with Crippen molar-refractivity contribution in [1.82, 2.24) is 4.98 Å². The number of aromatic nitrogens is 1. The molecule has 1 rings (SSSR count). The summed E-state index contributed by atoms with van der Waals surface area (Å²) >= 11 is 6.07. The van der Waals surface area contributed by atoms with E-state index in [0.29, 0.717) is 16.3 Å². The summed E-state index contributed by atoms with van der Waals surface area (Å²) in [6.45, 7) is 6.89. The zero-order valence-corrected chi connectivity index (χ0v) is 12.1.